The van der Waals surface area contributed by atoms with Gasteiger partial charge in [-0.05, 0) is 55.2 Å². The number of carbonyl (C=O) groups excluding carboxylic acids is 2. The van der Waals surface area contributed by atoms with E-state index < -0.39 is 14.0 Å². The number of esters is 1. The lowest BCUT2D eigenvalue weighted by Gasteiger charge is -2.26. The fourth-order valence-corrected chi connectivity index (χ4v) is 6.65. The summed E-state index contributed by atoms with van der Waals surface area (Å²) in [6.45, 7) is 3.90. The molecule has 3 rings (SSSR count). The average molecular weight is 507 g/mol. The molecule has 182 valence electrons. The highest BCUT2D eigenvalue weighted by Crippen LogP contribution is 2.34. The number of benzene rings is 3. The van der Waals surface area contributed by atoms with Gasteiger partial charge in [0, 0.05) is 18.2 Å². The van der Waals surface area contributed by atoms with Gasteiger partial charge in [0.2, 0.25) is 0 Å². The van der Waals surface area contributed by atoms with Crippen LogP contribution in [0.15, 0.2) is 96.6 Å². The molecule has 0 unspecified atom stereocenters. The van der Waals surface area contributed by atoms with Gasteiger partial charge in [0.15, 0.2) is 0 Å². The predicted octanol–water partition coefficient (Wildman–Crippen LogP) is 6.16. The molecule has 0 N–H and O–H groups in total. The van der Waals surface area contributed by atoms with Crippen LogP contribution in [0.25, 0.3) is 0 Å². The lowest BCUT2D eigenvalue weighted by Crippen LogP contribution is -2.31. The number of hydrogen-bond donors (Lipinski definition) is 0. The van der Waals surface area contributed by atoms with Crippen molar-refractivity contribution in [1.29, 1.82) is 0 Å². The summed E-state index contributed by atoms with van der Waals surface area (Å²) < 4.78 is 6.12. The third-order valence-corrected chi connectivity index (χ3v) is 8.63. The Hall–Kier alpha value is -2.74. The van der Waals surface area contributed by atoms with E-state index in [1.54, 1.807) is 0 Å². The molecular formula is C30H32ClO3P. The van der Waals surface area contributed by atoms with Crippen molar-refractivity contribution in [3.8, 4) is 0 Å². The number of ether oxygens (including phenoxy) is 1. The third kappa shape index (κ3) is 7.37. The number of carbonyl (C=O) groups is 2. The maximum atomic E-state index is 13.6. The van der Waals surface area contributed by atoms with E-state index in [2.05, 4.69) is 30.3 Å². The minimum absolute atomic E-state index is 0.124. The van der Waals surface area contributed by atoms with Crippen molar-refractivity contribution < 1.29 is 14.3 Å². The number of allylic oxidation sites excluding steroid dienone is 1. The number of aldehydes is 1. The standard InChI is InChI=1S/C30H32ClO3P/c1-23(13-11-12-21-31)29(24(2)20-22-32)34-30(33)27-18-9-10-19-28(27)35(25-14-5-3-6-15-25)26-16-7-4-8-17-26/h3-10,13-19,22,24,29H,11-12,20-21H2,1-2H3/b23-13+/t24-,29-/m0/s1. The maximum absolute atomic E-state index is 13.6. The van der Waals surface area contributed by atoms with E-state index in [4.69, 9.17) is 16.3 Å². The average Bonchev–Trinajstić information content (AvgIpc) is 2.89. The first-order valence-electron chi connectivity index (χ1n) is 11.9. The highest BCUT2D eigenvalue weighted by Gasteiger charge is 2.27. The van der Waals surface area contributed by atoms with Crippen LogP contribution in [0.3, 0.4) is 0 Å². The second-order valence-electron chi connectivity index (χ2n) is 8.51. The van der Waals surface area contributed by atoms with Gasteiger partial charge >= 0.3 is 5.97 Å². The summed E-state index contributed by atoms with van der Waals surface area (Å²) in [6, 6.07) is 28.3. The van der Waals surface area contributed by atoms with Gasteiger partial charge < -0.3 is 9.53 Å². The molecule has 5 heteroatoms. The first-order valence-corrected chi connectivity index (χ1v) is 13.8. The molecule has 3 aromatic carbocycles. The summed E-state index contributed by atoms with van der Waals surface area (Å²) in [7, 11) is -0.960. The van der Waals surface area contributed by atoms with Crippen LogP contribution >= 0.6 is 19.5 Å². The minimum atomic E-state index is -0.960. The fraction of sp³-hybridized carbons (Fsp3) is 0.267. The Morgan fingerprint density at radius 2 is 1.51 bits per heavy atom. The SMILES string of the molecule is C/C(=C\CCCCl)[C@H](OC(=O)c1ccccc1P(c1ccccc1)c1ccccc1)[C@@H](C)CC=O. The van der Waals surface area contributed by atoms with Gasteiger partial charge in [0.1, 0.15) is 12.4 Å². The fourth-order valence-electron chi connectivity index (χ4n) is 4.06. The van der Waals surface area contributed by atoms with Gasteiger partial charge in [-0.25, -0.2) is 4.79 Å². The second kappa shape index (κ2) is 14.0. The van der Waals surface area contributed by atoms with Crippen molar-refractivity contribution in [2.24, 2.45) is 5.92 Å². The zero-order valence-electron chi connectivity index (χ0n) is 20.3. The lowest BCUT2D eigenvalue weighted by molar-refractivity contribution is -0.109. The molecular weight excluding hydrogens is 475 g/mol. The summed E-state index contributed by atoms with van der Waals surface area (Å²) >= 11 is 5.83. The van der Waals surface area contributed by atoms with Crippen LogP contribution in [0.1, 0.15) is 43.5 Å². The van der Waals surface area contributed by atoms with E-state index in [0.717, 1.165) is 40.6 Å². The summed E-state index contributed by atoms with van der Waals surface area (Å²) in [5.74, 6) is 0.0852. The molecule has 0 aliphatic carbocycles. The van der Waals surface area contributed by atoms with Crippen molar-refractivity contribution in [1.82, 2.24) is 0 Å². The van der Waals surface area contributed by atoms with E-state index in [9.17, 15) is 9.59 Å². The Kier molecular flexibility index (Phi) is 10.7. The molecule has 35 heavy (non-hydrogen) atoms. The number of rotatable bonds is 12. The van der Waals surface area contributed by atoms with Crippen molar-refractivity contribution in [3.63, 3.8) is 0 Å². The Bertz CT molecular complexity index is 1080. The van der Waals surface area contributed by atoms with Crippen LogP contribution < -0.4 is 15.9 Å². The van der Waals surface area contributed by atoms with Crippen molar-refractivity contribution in [3.05, 3.63) is 102 Å². The Morgan fingerprint density at radius 3 is 2.09 bits per heavy atom. The molecule has 0 aliphatic heterocycles. The summed E-state index contributed by atoms with van der Waals surface area (Å²) in [5.41, 5.74) is 1.51. The molecule has 2 atom stereocenters. The van der Waals surface area contributed by atoms with Crippen LogP contribution in [-0.4, -0.2) is 24.2 Å². The Labute approximate surface area is 214 Å². The zero-order valence-corrected chi connectivity index (χ0v) is 21.9. The topological polar surface area (TPSA) is 43.4 Å². The van der Waals surface area contributed by atoms with Crippen molar-refractivity contribution in [2.45, 2.75) is 39.2 Å². The molecule has 0 aromatic heterocycles. The van der Waals surface area contributed by atoms with E-state index in [1.807, 2.05) is 74.5 Å². The quantitative estimate of drug-likeness (QED) is 0.0737. The molecule has 0 saturated heterocycles. The van der Waals surface area contributed by atoms with E-state index in [-0.39, 0.29) is 11.9 Å². The molecule has 0 heterocycles. The number of unbranched alkanes of at least 4 members (excludes halogenated alkanes) is 1. The molecule has 0 fully saturated rings. The summed E-state index contributed by atoms with van der Waals surface area (Å²) in [4.78, 5) is 24.9. The number of hydrogen-bond acceptors (Lipinski definition) is 3. The number of alkyl halides is 1. The van der Waals surface area contributed by atoms with Gasteiger partial charge in [-0.2, -0.15) is 0 Å². The van der Waals surface area contributed by atoms with Gasteiger partial charge in [-0.15, -0.1) is 11.6 Å². The first-order chi connectivity index (χ1) is 17.1. The van der Waals surface area contributed by atoms with Gasteiger partial charge in [-0.3, -0.25) is 0 Å². The van der Waals surface area contributed by atoms with Crippen LogP contribution in [0, 0.1) is 5.92 Å². The van der Waals surface area contributed by atoms with Crippen LogP contribution in [0.5, 0.6) is 0 Å². The monoisotopic (exact) mass is 506 g/mol. The Balaban J connectivity index is 2.00. The van der Waals surface area contributed by atoms with E-state index in [1.165, 1.54) is 0 Å². The van der Waals surface area contributed by atoms with Crippen molar-refractivity contribution in [2.75, 3.05) is 5.88 Å². The second-order valence-corrected chi connectivity index (χ2v) is 11.1. The van der Waals surface area contributed by atoms with Gasteiger partial charge in [0.05, 0.1) is 5.56 Å². The van der Waals surface area contributed by atoms with E-state index >= 15 is 0 Å². The third-order valence-electron chi connectivity index (χ3n) is 5.87. The van der Waals surface area contributed by atoms with Crippen LogP contribution in [-0.2, 0) is 9.53 Å². The first kappa shape index (κ1) is 26.9. The highest BCUT2D eigenvalue weighted by atomic mass is 35.5. The summed E-state index contributed by atoms with van der Waals surface area (Å²) in [6.07, 6.45) is 4.45. The predicted molar refractivity (Wildman–Crippen MR) is 148 cm³/mol. The smallest absolute Gasteiger partial charge is 0.339 e. The largest absolute Gasteiger partial charge is 0.454 e. The zero-order chi connectivity index (χ0) is 25.0. The summed E-state index contributed by atoms with van der Waals surface area (Å²) in [5, 5.41) is 3.28. The molecule has 3 aromatic rings. The van der Waals surface area contributed by atoms with Gasteiger partial charge in [-0.1, -0.05) is 91.9 Å². The molecule has 0 spiro atoms. The van der Waals surface area contributed by atoms with Crippen molar-refractivity contribution >= 4 is 47.7 Å². The van der Waals surface area contributed by atoms with E-state index in [0.29, 0.717) is 17.9 Å². The molecule has 0 bridgehead atoms. The normalized spacial score (nSPS) is 13.3. The lowest BCUT2D eigenvalue weighted by atomic mass is 9.94. The molecule has 0 amide bonds. The molecule has 0 saturated carbocycles. The molecule has 0 aliphatic rings. The maximum Gasteiger partial charge on any atom is 0.339 e. The van der Waals surface area contributed by atoms with Crippen LogP contribution in [0.4, 0.5) is 0 Å². The molecule has 0 radical (unpaired) electrons. The van der Waals surface area contributed by atoms with Gasteiger partial charge in [0.25, 0.3) is 0 Å². The van der Waals surface area contributed by atoms with Crippen LogP contribution in [0.2, 0.25) is 0 Å². The Morgan fingerprint density at radius 1 is 0.943 bits per heavy atom. The molecule has 3 nitrogen and oxygen atoms in total. The highest BCUT2D eigenvalue weighted by molar-refractivity contribution is 7.80. The number of halogens is 1. The minimum Gasteiger partial charge on any atom is -0.454 e.